The smallest absolute Gasteiger partial charge is 0.267 e. The lowest BCUT2D eigenvalue weighted by molar-refractivity contribution is -0.184. The molecule has 7 heteroatoms. The van der Waals surface area contributed by atoms with Crippen molar-refractivity contribution in [1.82, 2.24) is 5.48 Å². The fourth-order valence-electron chi connectivity index (χ4n) is 1.04. The third-order valence-electron chi connectivity index (χ3n) is 1.77. The van der Waals surface area contributed by atoms with Crippen molar-refractivity contribution in [3.05, 3.63) is 34.3 Å². The highest BCUT2D eigenvalue weighted by molar-refractivity contribution is 6.33. The molecule has 0 fully saturated rings. The van der Waals surface area contributed by atoms with Gasteiger partial charge in [0.2, 0.25) is 0 Å². The van der Waals surface area contributed by atoms with Crippen molar-refractivity contribution >= 4 is 17.5 Å². The van der Waals surface area contributed by atoms with Gasteiger partial charge >= 0.3 is 6.18 Å². The number of nitrogens with one attached hydrogen (secondary N) is 1. The number of carbonyl (C=O) groups excluding carboxylic acids is 1. The highest BCUT2D eigenvalue weighted by Gasteiger charge is 2.28. The van der Waals surface area contributed by atoms with Crippen molar-refractivity contribution in [1.29, 1.82) is 0 Å². The minimum absolute atomic E-state index is 0.0550. The largest absolute Gasteiger partial charge is 0.414 e. The summed E-state index contributed by atoms with van der Waals surface area (Å²) in [5.41, 5.74) is 2.56. The van der Waals surface area contributed by atoms with Gasteiger partial charge in [0.25, 0.3) is 5.91 Å². The molecule has 3 nitrogen and oxygen atoms in total. The lowest BCUT2D eigenvalue weighted by Gasteiger charge is -2.09. The summed E-state index contributed by atoms with van der Waals surface area (Å²) in [5.74, 6) is -0.820. The summed E-state index contributed by atoms with van der Waals surface area (Å²) in [6.07, 6.45) is -4.50. The summed E-state index contributed by atoms with van der Waals surface area (Å²) < 4.78 is 35.2. The quantitative estimate of drug-likeness (QED) is 0.855. The zero-order chi connectivity index (χ0) is 13.1. The van der Waals surface area contributed by atoms with E-state index >= 15 is 0 Å². The second-order valence-electron chi connectivity index (χ2n) is 3.32. The van der Waals surface area contributed by atoms with Gasteiger partial charge in [-0.2, -0.15) is 13.2 Å². The number of alkyl halides is 3. The van der Waals surface area contributed by atoms with E-state index in [2.05, 4.69) is 4.84 Å². The Labute approximate surface area is 100 Å². The van der Waals surface area contributed by atoms with E-state index in [1.54, 1.807) is 18.5 Å². The summed E-state index contributed by atoms with van der Waals surface area (Å²) in [7, 11) is 0. The second kappa shape index (κ2) is 5.37. The third kappa shape index (κ3) is 4.62. The highest BCUT2D eigenvalue weighted by Crippen LogP contribution is 2.18. The van der Waals surface area contributed by atoms with Gasteiger partial charge in [0.05, 0.1) is 10.6 Å². The molecule has 0 unspecified atom stereocenters. The Morgan fingerprint density at radius 2 is 2.12 bits per heavy atom. The molecule has 0 aliphatic carbocycles. The first-order chi connectivity index (χ1) is 7.79. The first-order valence-corrected chi connectivity index (χ1v) is 4.92. The van der Waals surface area contributed by atoms with Crippen molar-refractivity contribution in [2.24, 2.45) is 0 Å². The minimum atomic E-state index is -4.50. The highest BCUT2D eigenvalue weighted by atomic mass is 35.5. The molecule has 0 atom stereocenters. The normalized spacial score (nSPS) is 11.4. The van der Waals surface area contributed by atoms with Crippen LogP contribution in [0.15, 0.2) is 18.2 Å². The van der Waals surface area contributed by atoms with E-state index in [-0.39, 0.29) is 10.6 Å². The molecular formula is C10H9ClF3NO2. The molecule has 0 bridgehead atoms. The molecule has 0 aliphatic rings. The Balaban J connectivity index is 2.59. The van der Waals surface area contributed by atoms with Gasteiger partial charge in [-0.25, -0.2) is 5.48 Å². The molecule has 0 aromatic heterocycles. The maximum atomic E-state index is 11.7. The van der Waals surface area contributed by atoms with Crippen molar-refractivity contribution in [3.63, 3.8) is 0 Å². The second-order valence-corrected chi connectivity index (χ2v) is 3.73. The van der Waals surface area contributed by atoms with Crippen molar-refractivity contribution in [3.8, 4) is 0 Å². The molecule has 94 valence electrons. The standard InChI is InChI=1S/C10H9ClF3NO2/c1-6-2-3-7(8(11)4-6)9(16)15-17-5-10(12,13)14/h2-4H,5H2,1H3,(H,15,16). The molecule has 0 heterocycles. The predicted molar refractivity (Wildman–Crippen MR) is 55.7 cm³/mol. The summed E-state index contributed by atoms with van der Waals surface area (Å²) in [6.45, 7) is 0.218. The molecule has 0 saturated heterocycles. The van der Waals surface area contributed by atoms with Gasteiger partial charge in [0.1, 0.15) is 0 Å². The maximum absolute atomic E-state index is 11.7. The number of hydrogen-bond donors (Lipinski definition) is 1. The van der Waals surface area contributed by atoms with E-state index in [1.807, 2.05) is 0 Å². The fraction of sp³-hybridized carbons (Fsp3) is 0.300. The molecule has 1 amide bonds. The topological polar surface area (TPSA) is 38.3 Å². The Morgan fingerprint density at radius 3 is 2.65 bits per heavy atom. The van der Waals surface area contributed by atoms with Crippen LogP contribution in [-0.2, 0) is 4.84 Å². The predicted octanol–water partition coefficient (Wildman–Crippen LogP) is 2.87. The SMILES string of the molecule is Cc1ccc(C(=O)NOCC(F)(F)F)c(Cl)c1. The van der Waals surface area contributed by atoms with Crippen LogP contribution in [0.3, 0.4) is 0 Å². The molecule has 0 saturated carbocycles. The fourth-order valence-corrected chi connectivity index (χ4v) is 1.36. The Hall–Kier alpha value is -1.27. The third-order valence-corrected chi connectivity index (χ3v) is 2.08. The van der Waals surface area contributed by atoms with Gasteiger partial charge < -0.3 is 0 Å². The molecule has 1 aromatic rings. The van der Waals surface area contributed by atoms with Crippen LogP contribution in [0.25, 0.3) is 0 Å². The van der Waals surface area contributed by atoms with Crippen LogP contribution in [0.1, 0.15) is 15.9 Å². The number of amides is 1. The summed E-state index contributed by atoms with van der Waals surface area (Å²) in [4.78, 5) is 15.4. The average Bonchev–Trinajstić information content (AvgIpc) is 2.15. The van der Waals surface area contributed by atoms with Crippen molar-refractivity contribution in [2.75, 3.05) is 6.61 Å². The first-order valence-electron chi connectivity index (χ1n) is 4.54. The van der Waals surface area contributed by atoms with Crippen LogP contribution >= 0.6 is 11.6 Å². The number of hydroxylamine groups is 1. The number of aryl methyl sites for hydroxylation is 1. The average molecular weight is 268 g/mol. The van der Waals surface area contributed by atoms with Crippen LogP contribution in [0, 0.1) is 6.92 Å². The Morgan fingerprint density at radius 1 is 1.47 bits per heavy atom. The number of hydrogen-bond acceptors (Lipinski definition) is 2. The summed E-state index contributed by atoms with van der Waals surface area (Å²) in [6, 6.07) is 4.55. The van der Waals surface area contributed by atoms with Crippen LogP contribution in [0.2, 0.25) is 5.02 Å². The summed E-state index contributed by atoms with van der Waals surface area (Å²) in [5, 5.41) is 0.151. The number of carbonyl (C=O) groups is 1. The van der Waals surface area contributed by atoms with Crippen molar-refractivity contribution < 1.29 is 22.8 Å². The monoisotopic (exact) mass is 267 g/mol. The molecule has 1 rings (SSSR count). The van der Waals surface area contributed by atoms with E-state index < -0.39 is 18.7 Å². The number of benzene rings is 1. The molecule has 1 N–H and O–H groups in total. The van der Waals surface area contributed by atoms with E-state index in [4.69, 9.17) is 11.6 Å². The zero-order valence-electron chi connectivity index (χ0n) is 8.77. The lowest BCUT2D eigenvalue weighted by Crippen LogP contribution is -2.29. The Bertz CT molecular complexity index is 421. The molecular weight excluding hydrogens is 259 g/mol. The molecule has 1 aromatic carbocycles. The van der Waals surface area contributed by atoms with Crippen LogP contribution in [-0.4, -0.2) is 18.7 Å². The van der Waals surface area contributed by atoms with Crippen molar-refractivity contribution in [2.45, 2.75) is 13.1 Å². The molecule has 0 spiro atoms. The zero-order valence-corrected chi connectivity index (χ0v) is 9.52. The van der Waals surface area contributed by atoms with Crippen LogP contribution in [0.4, 0.5) is 13.2 Å². The lowest BCUT2D eigenvalue weighted by atomic mass is 10.1. The van der Waals surface area contributed by atoms with Gasteiger partial charge in [-0.15, -0.1) is 0 Å². The van der Waals surface area contributed by atoms with Gasteiger partial charge in [-0.3, -0.25) is 9.63 Å². The van der Waals surface area contributed by atoms with Gasteiger partial charge in [0, 0.05) is 0 Å². The Kier molecular flexibility index (Phi) is 4.36. The van der Waals surface area contributed by atoms with E-state index in [0.717, 1.165) is 5.56 Å². The van der Waals surface area contributed by atoms with Crippen LogP contribution in [0.5, 0.6) is 0 Å². The van der Waals surface area contributed by atoms with E-state index in [1.165, 1.54) is 12.1 Å². The van der Waals surface area contributed by atoms with E-state index in [0.29, 0.717) is 0 Å². The summed E-state index contributed by atoms with van der Waals surface area (Å²) >= 11 is 5.75. The maximum Gasteiger partial charge on any atom is 0.414 e. The van der Waals surface area contributed by atoms with E-state index in [9.17, 15) is 18.0 Å². The number of rotatable bonds is 3. The van der Waals surface area contributed by atoms with Gasteiger partial charge in [-0.05, 0) is 24.6 Å². The first kappa shape index (κ1) is 13.8. The van der Waals surface area contributed by atoms with Gasteiger partial charge in [-0.1, -0.05) is 17.7 Å². The van der Waals surface area contributed by atoms with Crippen LogP contribution < -0.4 is 5.48 Å². The van der Waals surface area contributed by atoms with Gasteiger partial charge in [0.15, 0.2) is 6.61 Å². The molecule has 0 radical (unpaired) electrons. The molecule has 17 heavy (non-hydrogen) atoms. The minimum Gasteiger partial charge on any atom is -0.267 e. The molecule has 0 aliphatic heterocycles. The number of halogens is 4.